The molecule has 0 unspecified atom stereocenters. The molecule has 20 heavy (non-hydrogen) atoms. The monoisotopic (exact) mass is 348 g/mol. The quantitative estimate of drug-likeness (QED) is 0.690. The highest BCUT2D eigenvalue weighted by molar-refractivity contribution is 9.08. The van der Waals surface area contributed by atoms with Crippen molar-refractivity contribution in [1.29, 1.82) is 0 Å². The SMILES string of the molecule is CC(C)CN(CCN(C)C)c1c(F)cc(CBr)cc1F. The third-order valence-corrected chi connectivity index (χ3v) is 3.60. The molecule has 0 atom stereocenters. The highest BCUT2D eigenvalue weighted by Crippen LogP contribution is 2.26. The van der Waals surface area contributed by atoms with Crippen LogP contribution in [0.15, 0.2) is 12.1 Å². The maximum Gasteiger partial charge on any atom is 0.149 e. The van der Waals surface area contributed by atoms with Crippen LogP contribution in [0.3, 0.4) is 0 Å². The molecule has 0 N–H and O–H groups in total. The first kappa shape index (κ1) is 17.4. The van der Waals surface area contributed by atoms with E-state index < -0.39 is 11.6 Å². The van der Waals surface area contributed by atoms with Crippen LogP contribution in [0.5, 0.6) is 0 Å². The molecule has 0 aliphatic heterocycles. The molecule has 0 aromatic heterocycles. The van der Waals surface area contributed by atoms with Gasteiger partial charge in [0.05, 0.1) is 0 Å². The van der Waals surface area contributed by atoms with E-state index in [0.29, 0.717) is 29.9 Å². The van der Waals surface area contributed by atoms with Gasteiger partial charge in [0.25, 0.3) is 0 Å². The van der Waals surface area contributed by atoms with Crippen molar-refractivity contribution < 1.29 is 8.78 Å². The van der Waals surface area contributed by atoms with Crippen LogP contribution in [0.2, 0.25) is 0 Å². The van der Waals surface area contributed by atoms with E-state index in [1.54, 1.807) is 4.90 Å². The normalized spacial score (nSPS) is 11.4. The minimum Gasteiger partial charge on any atom is -0.365 e. The molecule has 0 saturated heterocycles. The molecule has 0 radical (unpaired) electrons. The average Bonchev–Trinajstić information content (AvgIpc) is 2.33. The maximum absolute atomic E-state index is 14.2. The Balaban J connectivity index is 3.05. The molecule has 5 heteroatoms. The number of benzene rings is 1. The molecule has 0 fully saturated rings. The molecule has 1 rings (SSSR count). The number of hydrogen-bond donors (Lipinski definition) is 0. The number of anilines is 1. The van der Waals surface area contributed by atoms with E-state index in [4.69, 9.17) is 0 Å². The zero-order chi connectivity index (χ0) is 15.3. The Bertz CT molecular complexity index is 413. The fourth-order valence-electron chi connectivity index (χ4n) is 2.05. The van der Waals surface area contributed by atoms with Crippen molar-refractivity contribution in [2.45, 2.75) is 19.2 Å². The van der Waals surface area contributed by atoms with Crippen molar-refractivity contribution in [2.24, 2.45) is 5.92 Å². The molecule has 0 bridgehead atoms. The van der Waals surface area contributed by atoms with E-state index >= 15 is 0 Å². The van der Waals surface area contributed by atoms with Gasteiger partial charge < -0.3 is 9.80 Å². The Kier molecular flexibility index (Phi) is 6.89. The Morgan fingerprint density at radius 2 is 1.65 bits per heavy atom. The smallest absolute Gasteiger partial charge is 0.149 e. The third-order valence-electron chi connectivity index (χ3n) is 2.95. The summed E-state index contributed by atoms with van der Waals surface area (Å²) in [6.45, 7) is 6.09. The first-order chi connectivity index (χ1) is 9.35. The second-order valence-electron chi connectivity index (χ2n) is 5.68. The summed E-state index contributed by atoms with van der Waals surface area (Å²) in [6.07, 6.45) is 0. The molecule has 1 aromatic rings. The molecular weight excluding hydrogens is 326 g/mol. The van der Waals surface area contributed by atoms with Crippen LogP contribution < -0.4 is 4.90 Å². The number of hydrogen-bond acceptors (Lipinski definition) is 2. The van der Waals surface area contributed by atoms with Crippen molar-refractivity contribution in [1.82, 2.24) is 4.90 Å². The van der Waals surface area contributed by atoms with E-state index in [2.05, 4.69) is 15.9 Å². The average molecular weight is 349 g/mol. The van der Waals surface area contributed by atoms with Crippen molar-refractivity contribution in [3.8, 4) is 0 Å². The molecule has 0 saturated carbocycles. The Morgan fingerprint density at radius 3 is 2.05 bits per heavy atom. The van der Waals surface area contributed by atoms with Gasteiger partial charge >= 0.3 is 0 Å². The van der Waals surface area contributed by atoms with Crippen molar-refractivity contribution in [3.05, 3.63) is 29.3 Å². The second-order valence-corrected chi connectivity index (χ2v) is 6.25. The van der Waals surface area contributed by atoms with Gasteiger partial charge in [0, 0.05) is 25.0 Å². The number of likely N-dealkylation sites (N-methyl/N-ethyl adjacent to an activating group) is 1. The molecule has 0 aliphatic carbocycles. The molecule has 1 aromatic carbocycles. The van der Waals surface area contributed by atoms with Crippen molar-refractivity contribution in [3.63, 3.8) is 0 Å². The minimum absolute atomic E-state index is 0.0882. The largest absolute Gasteiger partial charge is 0.365 e. The van der Waals surface area contributed by atoms with Crippen molar-refractivity contribution in [2.75, 3.05) is 38.6 Å². The predicted molar refractivity (Wildman–Crippen MR) is 84.6 cm³/mol. The van der Waals surface area contributed by atoms with E-state index in [1.165, 1.54) is 12.1 Å². The van der Waals surface area contributed by atoms with E-state index in [-0.39, 0.29) is 5.69 Å². The summed E-state index contributed by atoms with van der Waals surface area (Å²) in [5.41, 5.74) is 0.700. The lowest BCUT2D eigenvalue weighted by Gasteiger charge is -2.29. The van der Waals surface area contributed by atoms with Gasteiger partial charge in [-0.15, -0.1) is 0 Å². The highest BCUT2D eigenvalue weighted by Gasteiger charge is 2.19. The third kappa shape index (κ3) is 5.02. The summed E-state index contributed by atoms with van der Waals surface area (Å²) in [6, 6.07) is 2.80. The first-order valence-electron chi connectivity index (χ1n) is 6.78. The van der Waals surface area contributed by atoms with Gasteiger partial charge in [-0.25, -0.2) is 8.78 Å². The topological polar surface area (TPSA) is 6.48 Å². The summed E-state index contributed by atoms with van der Waals surface area (Å²) in [5, 5.41) is 0.447. The van der Waals surface area contributed by atoms with Gasteiger partial charge in [-0.1, -0.05) is 29.8 Å². The van der Waals surface area contributed by atoms with Crippen LogP contribution >= 0.6 is 15.9 Å². The summed E-state index contributed by atoms with van der Waals surface area (Å²) >= 11 is 3.22. The summed E-state index contributed by atoms with van der Waals surface area (Å²) < 4.78 is 28.4. The molecule has 0 heterocycles. The van der Waals surface area contributed by atoms with Crippen LogP contribution in [0.1, 0.15) is 19.4 Å². The number of halogens is 3. The van der Waals surface area contributed by atoms with Gasteiger partial charge in [-0.3, -0.25) is 0 Å². The molecule has 114 valence electrons. The van der Waals surface area contributed by atoms with Gasteiger partial charge in [0.15, 0.2) is 0 Å². The van der Waals surface area contributed by atoms with E-state index in [9.17, 15) is 8.78 Å². The van der Waals surface area contributed by atoms with Gasteiger partial charge in [-0.2, -0.15) is 0 Å². The van der Waals surface area contributed by atoms with Crippen LogP contribution in [0.4, 0.5) is 14.5 Å². The Labute approximate surface area is 128 Å². The molecule has 0 spiro atoms. The molecule has 2 nitrogen and oxygen atoms in total. The summed E-state index contributed by atoms with van der Waals surface area (Å²) in [5.74, 6) is -0.635. The molecule has 0 aliphatic rings. The van der Waals surface area contributed by atoms with E-state index in [1.807, 2.05) is 32.8 Å². The Hall–Kier alpha value is -0.680. The minimum atomic E-state index is -0.487. The maximum atomic E-state index is 14.2. The summed E-state index contributed by atoms with van der Waals surface area (Å²) in [4.78, 5) is 3.81. The lowest BCUT2D eigenvalue weighted by Crippen LogP contribution is -2.35. The molecular formula is C15H23BrF2N2. The predicted octanol–water partition coefficient (Wildman–Crippen LogP) is 3.88. The lowest BCUT2D eigenvalue weighted by atomic mass is 10.1. The number of rotatable bonds is 7. The van der Waals surface area contributed by atoms with Crippen LogP contribution in [0, 0.1) is 17.6 Å². The van der Waals surface area contributed by atoms with E-state index in [0.717, 1.165) is 6.54 Å². The van der Waals surface area contributed by atoms with Gasteiger partial charge in [-0.05, 0) is 37.7 Å². The van der Waals surface area contributed by atoms with Crippen LogP contribution in [-0.2, 0) is 5.33 Å². The second kappa shape index (κ2) is 7.93. The highest BCUT2D eigenvalue weighted by atomic mass is 79.9. The van der Waals surface area contributed by atoms with Gasteiger partial charge in [0.2, 0.25) is 0 Å². The number of alkyl halides is 1. The lowest BCUT2D eigenvalue weighted by molar-refractivity contribution is 0.406. The van der Waals surface area contributed by atoms with Crippen molar-refractivity contribution >= 4 is 21.6 Å². The Morgan fingerprint density at radius 1 is 1.10 bits per heavy atom. The standard InChI is InChI=1S/C15H23BrF2N2/c1-11(2)10-20(6-5-19(3)4)15-13(17)7-12(9-16)8-14(15)18/h7-8,11H,5-6,9-10H2,1-4H3. The first-order valence-corrected chi connectivity index (χ1v) is 7.90. The fourth-order valence-corrected chi connectivity index (χ4v) is 2.38. The zero-order valence-electron chi connectivity index (χ0n) is 12.6. The fraction of sp³-hybridized carbons (Fsp3) is 0.600. The summed E-state index contributed by atoms with van der Waals surface area (Å²) in [7, 11) is 3.91. The zero-order valence-corrected chi connectivity index (χ0v) is 14.2. The molecule has 0 amide bonds. The van der Waals surface area contributed by atoms with Gasteiger partial charge in [0.1, 0.15) is 17.3 Å². The van der Waals surface area contributed by atoms with Crippen LogP contribution in [-0.4, -0.2) is 38.6 Å². The van der Waals surface area contributed by atoms with Crippen LogP contribution in [0.25, 0.3) is 0 Å². The number of nitrogens with zero attached hydrogens (tertiary/aromatic N) is 2.